The number of benzene rings is 2. The molecular weight excluding hydrogens is 523 g/mol. The summed E-state index contributed by atoms with van der Waals surface area (Å²) < 4.78 is 16.2. The molecule has 0 bridgehead atoms. The molecule has 32 heavy (non-hydrogen) atoms. The lowest BCUT2D eigenvalue weighted by Gasteiger charge is -2.16. The van der Waals surface area contributed by atoms with Gasteiger partial charge in [-0.15, -0.1) is 24.0 Å². The summed E-state index contributed by atoms with van der Waals surface area (Å²) in [7, 11) is 6.48. The molecule has 1 amide bonds. The van der Waals surface area contributed by atoms with E-state index >= 15 is 0 Å². The highest BCUT2D eigenvalue weighted by atomic mass is 127. The van der Waals surface area contributed by atoms with Crippen molar-refractivity contribution in [2.45, 2.75) is 32.9 Å². The molecule has 2 rings (SSSR count). The van der Waals surface area contributed by atoms with Gasteiger partial charge in [0.1, 0.15) is 0 Å². The number of carbonyl (C=O) groups excluding carboxylic acids is 1. The van der Waals surface area contributed by atoms with Crippen LogP contribution in [-0.4, -0.2) is 40.2 Å². The quantitative estimate of drug-likeness (QED) is 0.233. The first kappa shape index (κ1) is 27.3. The number of aliphatic imine (C=N–C) groups is 1. The van der Waals surface area contributed by atoms with Crippen molar-refractivity contribution in [3.05, 3.63) is 47.5 Å². The third kappa shape index (κ3) is 8.10. The summed E-state index contributed by atoms with van der Waals surface area (Å²) in [5.74, 6) is 2.46. The zero-order valence-electron chi connectivity index (χ0n) is 19.3. The van der Waals surface area contributed by atoms with Crippen LogP contribution in [0.15, 0.2) is 41.4 Å². The summed E-state index contributed by atoms with van der Waals surface area (Å²) in [5, 5.41) is 9.44. The summed E-state index contributed by atoms with van der Waals surface area (Å²) in [5.41, 5.74) is 2.83. The van der Waals surface area contributed by atoms with Crippen LogP contribution in [0, 0.1) is 0 Å². The highest BCUT2D eigenvalue weighted by molar-refractivity contribution is 14.0. The molecule has 0 atom stereocenters. The van der Waals surface area contributed by atoms with Crippen LogP contribution >= 0.6 is 24.0 Å². The van der Waals surface area contributed by atoms with Gasteiger partial charge in [0, 0.05) is 32.2 Å². The normalized spacial score (nSPS) is 10.6. The summed E-state index contributed by atoms with van der Waals surface area (Å²) in [6, 6.07) is 11.5. The van der Waals surface area contributed by atoms with Gasteiger partial charge in [0.15, 0.2) is 17.5 Å². The average molecular weight is 556 g/mol. The first-order chi connectivity index (χ1) is 15.0. The predicted molar refractivity (Wildman–Crippen MR) is 139 cm³/mol. The van der Waals surface area contributed by atoms with Crippen LogP contribution in [0.5, 0.6) is 17.2 Å². The lowest BCUT2D eigenvalue weighted by molar-refractivity contribution is -0.116. The molecule has 0 saturated heterocycles. The molecular formula is C23H33IN4O4. The Morgan fingerprint density at radius 2 is 1.47 bits per heavy atom. The van der Waals surface area contributed by atoms with Crippen LogP contribution in [0.25, 0.3) is 0 Å². The number of anilines is 1. The average Bonchev–Trinajstić information content (AvgIpc) is 2.79. The molecule has 0 aromatic heterocycles. The van der Waals surface area contributed by atoms with Crippen molar-refractivity contribution >= 4 is 41.5 Å². The molecule has 0 aliphatic heterocycles. The van der Waals surface area contributed by atoms with E-state index < -0.39 is 0 Å². The van der Waals surface area contributed by atoms with E-state index in [1.807, 2.05) is 43.3 Å². The van der Waals surface area contributed by atoms with Crippen LogP contribution in [0.1, 0.15) is 30.9 Å². The molecule has 0 heterocycles. The van der Waals surface area contributed by atoms with Gasteiger partial charge in [-0.25, -0.2) is 0 Å². The Kier molecular flexibility index (Phi) is 12.3. The zero-order valence-corrected chi connectivity index (χ0v) is 21.6. The molecule has 9 heteroatoms. The zero-order chi connectivity index (χ0) is 22.6. The molecule has 0 fully saturated rings. The van der Waals surface area contributed by atoms with Gasteiger partial charge in [-0.2, -0.15) is 0 Å². The number of amides is 1. The summed E-state index contributed by atoms with van der Waals surface area (Å²) in [4.78, 5) is 16.0. The van der Waals surface area contributed by atoms with E-state index in [1.165, 1.54) is 0 Å². The molecule has 0 aliphatic rings. The van der Waals surface area contributed by atoms with Crippen molar-refractivity contribution < 1.29 is 19.0 Å². The van der Waals surface area contributed by atoms with Crippen molar-refractivity contribution in [1.82, 2.24) is 10.6 Å². The topological polar surface area (TPSA) is 93.2 Å². The molecule has 0 aliphatic carbocycles. The second kappa shape index (κ2) is 14.4. The molecule has 0 saturated carbocycles. The summed E-state index contributed by atoms with van der Waals surface area (Å²) in [6.45, 7) is 3.10. The fraction of sp³-hybridized carbons (Fsp3) is 0.391. The van der Waals surface area contributed by atoms with Gasteiger partial charge in [-0.3, -0.25) is 9.79 Å². The van der Waals surface area contributed by atoms with Gasteiger partial charge in [-0.1, -0.05) is 19.1 Å². The first-order valence-electron chi connectivity index (χ1n) is 10.2. The monoisotopic (exact) mass is 556 g/mol. The van der Waals surface area contributed by atoms with E-state index in [0.717, 1.165) is 23.2 Å². The van der Waals surface area contributed by atoms with Crippen LogP contribution < -0.4 is 30.2 Å². The third-order valence-corrected chi connectivity index (χ3v) is 4.58. The smallest absolute Gasteiger partial charge is 0.224 e. The fourth-order valence-electron chi connectivity index (χ4n) is 2.99. The minimum atomic E-state index is 0. The van der Waals surface area contributed by atoms with Crippen LogP contribution in [-0.2, 0) is 17.9 Å². The largest absolute Gasteiger partial charge is 0.493 e. The maximum absolute atomic E-state index is 11.7. The van der Waals surface area contributed by atoms with Crippen LogP contribution in [0.2, 0.25) is 0 Å². The Bertz CT molecular complexity index is 863. The maximum atomic E-state index is 11.7. The second-order valence-electron chi connectivity index (χ2n) is 6.81. The summed E-state index contributed by atoms with van der Waals surface area (Å²) >= 11 is 0. The number of nitrogens with zero attached hydrogens (tertiary/aromatic N) is 1. The lowest BCUT2D eigenvalue weighted by Crippen LogP contribution is -2.36. The van der Waals surface area contributed by atoms with Gasteiger partial charge in [0.25, 0.3) is 0 Å². The van der Waals surface area contributed by atoms with Gasteiger partial charge in [0.05, 0.1) is 21.3 Å². The van der Waals surface area contributed by atoms with Crippen molar-refractivity contribution in [2.75, 3.05) is 33.7 Å². The number of rotatable bonds is 10. The highest BCUT2D eigenvalue weighted by Gasteiger charge is 2.13. The van der Waals surface area contributed by atoms with E-state index in [9.17, 15) is 4.79 Å². The van der Waals surface area contributed by atoms with E-state index in [-0.39, 0.29) is 29.9 Å². The number of hydrogen-bond donors (Lipinski definition) is 3. The van der Waals surface area contributed by atoms with E-state index in [2.05, 4.69) is 20.9 Å². The molecule has 176 valence electrons. The minimum Gasteiger partial charge on any atom is -0.493 e. The van der Waals surface area contributed by atoms with Crippen LogP contribution in [0.3, 0.4) is 0 Å². The number of guanidine groups is 1. The molecule has 2 aromatic rings. The first-order valence-corrected chi connectivity index (χ1v) is 10.2. The molecule has 3 N–H and O–H groups in total. The highest BCUT2D eigenvalue weighted by Crippen LogP contribution is 2.38. The van der Waals surface area contributed by atoms with Gasteiger partial charge in [0.2, 0.25) is 11.7 Å². The Morgan fingerprint density at radius 1 is 0.906 bits per heavy atom. The number of methoxy groups -OCH3 is 3. The predicted octanol–water partition coefficient (Wildman–Crippen LogP) is 3.93. The van der Waals surface area contributed by atoms with E-state index in [4.69, 9.17) is 14.2 Å². The minimum absolute atomic E-state index is 0. The van der Waals surface area contributed by atoms with Crippen LogP contribution in [0.4, 0.5) is 5.69 Å². The number of halogens is 1. The Balaban J connectivity index is 0.00000512. The second-order valence-corrected chi connectivity index (χ2v) is 6.81. The number of nitrogens with one attached hydrogen (secondary N) is 3. The molecule has 0 radical (unpaired) electrons. The Morgan fingerprint density at radius 3 is 1.94 bits per heavy atom. The van der Waals surface area contributed by atoms with Crippen molar-refractivity contribution in [3.63, 3.8) is 0 Å². The van der Waals surface area contributed by atoms with E-state index in [0.29, 0.717) is 42.7 Å². The fourth-order valence-corrected chi connectivity index (χ4v) is 2.99. The number of carbonyl (C=O) groups is 1. The molecule has 0 spiro atoms. The van der Waals surface area contributed by atoms with Gasteiger partial charge < -0.3 is 30.2 Å². The summed E-state index contributed by atoms with van der Waals surface area (Å²) in [6.07, 6.45) is 1.35. The molecule has 8 nitrogen and oxygen atoms in total. The Hall–Kier alpha value is -2.69. The molecule has 0 unspecified atom stereocenters. The standard InChI is InChI=1S/C23H32N4O4.HI/c1-6-7-21(28)27-18-10-8-16(9-11-18)14-25-23(24-2)26-15-17-12-19(29-3)22(31-5)20(13-17)30-4;/h8-13H,6-7,14-15H2,1-5H3,(H,27,28)(H2,24,25,26);1H. The SMILES string of the molecule is CCCC(=O)Nc1ccc(CNC(=NC)NCc2cc(OC)c(OC)c(OC)c2)cc1.I. The van der Waals surface area contributed by atoms with Crippen molar-refractivity contribution in [3.8, 4) is 17.2 Å². The molecule has 2 aromatic carbocycles. The lowest BCUT2D eigenvalue weighted by atomic mass is 10.1. The Labute approximate surface area is 207 Å². The van der Waals surface area contributed by atoms with Gasteiger partial charge >= 0.3 is 0 Å². The number of ether oxygens (including phenoxy) is 3. The van der Waals surface area contributed by atoms with Crippen molar-refractivity contribution in [1.29, 1.82) is 0 Å². The maximum Gasteiger partial charge on any atom is 0.224 e. The van der Waals surface area contributed by atoms with Crippen molar-refractivity contribution in [2.24, 2.45) is 4.99 Å². The van der Waals surface area contributed by atoms with Gasteiger partial charge in [-0.05, 0) is 41.8 Å². The third-order valence-electron chi connectivity index (χ3n) is 4.58. The number of hydrogen-bond acceptors (Lipinski definition) is 5. The van der Waals surface area contributed by atoms with E-state index in [1.54, 1.807) is 28.4 Å².